The van der Waals surface area contributed by atoms with Crippen LogP contribution in [0.1, 0.15) is 25.5 Å². The highest BCUT2D eigenvalue weighted by atomic mass is 16.5. The lowest BCUT2D eigenvalue weighted by Crippen LogP contribution is -2.57. The second-order valence-corrected chi connectivity index (χ2v) is 4.90. The Morgan fingerprint density at radius 1 is 1.45 bits per heavy atom. The van der Waals surface area contributed by atoms with Crippen molar-refractivity contribution in [2.75, 3.05) is 18.6 Å². The fraction of sp³-hybridized carbons (Fsp3) is 0.429. The van der Waals surface area contributed by atoms with Crippen molar-refractivity contribution in [1.82, 2.24) is 5.32 Å². The maximum atomic E-state index is 11.8. The second kappa shape index (κ2) is 5.50. The Hall–Kier alpha value is -2.08. The van der Waals surface area contributed by atoms with Gasteiger partial charge in [-0.25, -0.2) is 0 Å². The van der Waals surface area contributed by atoms with Crippen LogP contribution in [0.25, 0.3) is 0 Å². The molecule has 2 unspecified atom stereocenters. The van der Waals surface area contributed by atoms with Crippen LogP contribution in [-0.2, 0) is 9.59 Å². The zero-order valence-corrected chi connectivity index (χ0v) is 11.8. The highest BCUT2D eigenvalue weighted by Crippen LogP contribution is 2.34. The number of nitrogens with one attached hydrogen (secondary N) is 1. The van der Waals surface area contributed by atoms with Gasteiger partial charge in [0.15, 0.2) is 0 Å². The number of ether oxygens (including phenoxy) is 1. The number of nitrogens with zero attached hydrogens (tertiary/aromatic N) is 1. The van der Waals surface area contributed by atoms with E-state index in [2.05, 4.69) is 5.32 Å². The summed E-state index contributed by atoms with van der Waals surface area (Å²) in [6.45, 7) is 3.73. The third kappa shape index (κ3) is 2.46. The number of piperazine rings is 1. The Morgan fingerprint density at radius 2 is 2.15 bits per heavy atom. The molecule has 2 amide bonds. The van der Waals surface area contributed by atoms with Gasteiger partial charge in [-0.05, 0) is 26.0 Å². The molecule has 2 rings (SSSR count). The van der Waals surface area contributed by atoms with Crippen LogP contribution >= 0.6 is 0 Å². The van der Waals surface area contributed by atoms with Crippen LogP contribution < -0.4 is 20.7 Å². The molecule has 0 aromatic heterocycles. The number of imide groups is 1. The summed E-state index contributed by atoms with van der Waals surface area (Å²) in [5.74, 6) is 0.0365. The molecule has 0 aliphatic carbocycles. The number of hydrogen-bond acceptors (Lipinski definition) is 5. The number of carbonyl (C=O) groups excluding carboxylic acids is 2. The van der Waals surface area contributed by atoms with Gasteiger partial charge < -0.3 is 15.4 Å². The van der Waals surface area contributed by atoms with E-state index in [1.165, 1.54) is 0 Å². The van der Waals surface area contributed by atoms with E-state index >= 15 is 0 Å². The molecule has 2 atom stereocenters. The van der Waals surface area contributed by atoms with Gasteiger partial charge in [-0.15, -0.1) is 0 Å². The first-order valence-electron chi connectivity index (χ1n) is 6.48. The topological polar surface area (TPSA) is 84.7 Å². The lowest BCUT2D eigenvalue weighted by molar-refractivity contribution is -0.132. The largest absolute Gasteiger partial charge is 0.496 e. The maximum absolute atomic E-state index is 11.8. The fourth-order valence-corrected chi connectivity index (χ4v) is 2.43. The van der Waals surface area contributed by atoms with Crippen molar-refractivity contribution >= 4 is 17.5 Å². The summed E-state index contributed by atoms with van der Waals surface area (Å²) < 4.78 is 5.33. The van der Waals surface area contributed by atoms with Gasteiger partial charge in [-0.1, -0.05) is 6.07 Å². The van der Waals surface area contributed by atoms with Gasteiger partial charge >= 0.3 is 0 Å². The summed E-state index contributed by atoms with van der Waals surface area (Å²) in [5, 5.41) is 2.32. The molecule has 1 aliphatic rings. The van der Waals surface area contributed by atoms with E-state index in [-0.39, 0.29) is 24.4 Å². The number of rotatable bonds is 3. The molecule has 1 saturated heterocycles. The minimum Gasteiger partial charge on any atom is -0.496 e. The average molecular weight is 277 g/mol. The molecule has 6 nitrogen and oxygen atoms in total. The molecule has 6 heteroatoms. The first-order valence-corrected chi connectivity index (χ1v) is 6.48. The smallest absolute Gasteiger partial charge is 0.249 e. The van der Waals surface area contributed by atoms with Gasteiger partial charge in [0.2, 0.25) is 11.8 Å². The number of nitrogens with two attached hydrogens (primary N) is 1. The third-order valence-electron chi connectivity index (χ3n) is 3.45. The number of amides is 2. The third-order valence-corrected chi connectivity index (χ3v) is 3.45. The lowest BCUT2D eigenvalue weighted by atomic mass is 10.0. The SMILES string of the molecule is COc1cccc(N2CC(=O)NC(=O)C2C)c1C(C)N. The first-order chi connectivity index (χ1) is 9.45. The molecule has 0 bridgehead atoms. The van der Waals surface area contributed by atoms with Gasteiger partial charge in [-0.2, -0.15) is 0 Å². The van der Waals surface area contributed by atoms with E-state index in [0.717, 1.165) is 11.3 Å². The summed E-state index contributed by atoms with van der Waals surface area (Å²) in [6, 6.07) is 4.79. The minimum absolute atomic E-state index is 0.125. The molecule has 1 fully saturated rings. The van der Waals surface area contributed by atoms with Gasteiger partial charge in [0.05, 0.1) is 13.7 Å². The summed E-state index contributed by atoms with van der Waals surface area (Å²) in [5.41, 5.74) is 7.58. The Labute approximate surface area is 117 Å². The molecule has 108 valence electrons. The maximum Gasteiger partial charge on any atom is 0.249 e. The van der Waals surface area contributed by atoms with Crippen LogP contribution in [0.2, 0.25) is 0 Å². The van der Waals surface area contributed by atoms with E-state index in [4.69, 9.17) is 10.5 Å². The van der Waals surface area contributed by atoms with E-state index in [0.29, 0.717) is 5.75 Å². The molecule has 3 N–H and O–H groups in total. The normalized spacial score (nSPS) is 20.6. The van der Waals surface area contributed by atoms with Crippen molar-refractivity contribution in [3.63, 3.8) is 0 Å². The molecule has 1 heterocycles. The van der Waals surface area contributed by atoms with Crippen LogP contribution in [0.5, 0.6) is 5.75 Å². The van der Waals surface area contributed by atoms with Gasteiger partial charge in [0.1, 0.15) is 11.8 Å². The predicted molar refractivity (Wildman–Crippen MR) is 75.6 cm³/mol. The molecule has 1 aliphatic heterocycles. The molecule has 1 aromatic carbocycles. The first kappa shape index (κ1) is 14.3. The molecule has 0 saturated carbocycles. The van der Waals surface area contributed by atoms with Crippen LogP contribution in [0.4, 0.5) is 5.69 Å². The highest BCUT2D eigenvalue weighted by Gasteiger charge is 2.32. The zero-order valence-electron chi connectivity index (χ0n) is 11.8. The quantitative estimate of drug-likeness (QED) is 0.789. The van der Waals surface area contributed by atoms with Gasteiger partial charge in [0, 0.05) is 17.3 Å². The Kier molecular flexibility index (Phi) is 3.94. The Morgan fingerprint density at radius 3 is 2.75 bits per heavy atom. The van der Waals surface area contributed by atoms with Gasteiger partial charge in [0.25, 0.3) is 0 Å². The molecule has 1 aromatic rings. The molecule has 0 radical (unpaired) electrons. The summed E-state index contributed by atoms with van der Waals surface area (Å²) >= 11 is 0. The number of anilines is 1. The number of benzene rings is 1. The zero-order chi connectivity index (χ0) is 14.9. The van der Waals surface area contributed by atoms with Crippen LogP contribution in [0.15, 0.2) is 18.2 Å². The van der Waals surface area contributed by atoms with Gasteiger partial charge in [-0.3, -0.25) is 14.9 Å². The van der Waals surface area contributed by atoms with E-state index in [1.807, 2.05) is 25.1 Å². The standard InChI is InChI=1S/C14H19N3O3/c1-8(15)13-10(5-4-6-11(13)20-3)17-7-12(18)16-14(19)9(17)2/h4-6,8-9H,7,15H2,1-3H3,(H,16,18,19). The summed E-state index contributed by atoms with van der Waals surface area (Å²) in [4.78, 5) is 25.1. The van der Waals surface area contributed by atoms with Crippen molar-refractivity contribution in [3.8, 4) is 5.75 Å². The van der Waals surface area contributed by atoms with Crippen molar-refractivity contribution in [3.05, 3.63) is 23.8 Å². The monoisotopic (exact) mass is 277 g/mol. The van der Waals surface area contributed by atoms with Crippen LogP contribution in [0, 0.1) is 0 Å². The van der Waals surface area contributed by atoms with Crippen LogP contribution in [-0.4, -0.2) is 31.5 Å². The minimum atomic E-state index is -0.433. The Balaban J connectivity index is 2.51. The van der Waals surface area contributed by atoms with Crippen LogP contribution in [0.3, 0.4) is 0 Å². The van der Waals surface area contributed by atoms with Crippen molar-refractivity contribution in [2.24, 2.45) is 5.73 Å². The van der Waals surface area contributed by atoms with E-state index in [1.54, 1.807) is 18.9 Å². The fourth-order valence-electron chi connectivity index (χ4n) is 2.43. The van der Waals surface area contributed by atoms with E-state index < -0.39 is 6.04 Å². The summed E-state index contributed by atoms with van der Waals surface area (Å²) in [7, 11) is 1.57. The molecule has 20 heavy (non-hydrogen) atoms. The molecular weight excluding hydrogens is 258 g/mol. The van der Waals surface area contributed by atoms with Crippen molar-refractivity contribution in [1.29, 1.82) is 0 Å². The lowest BCUT2D eigenvalue weighted by Gasteiger charge is -2.35. The van der Waals surface area contributed by atoms with Crippen molar-refractivity contribution in [2.45, 2.75) is 25.9 Å². The highest BCUT2D eigenvalue weighted by molar-refractivity contribution is 6.04. The second-order valence-electron chi connectivity index (χ2n) is 4.90. The van der Waals surface area contributed by atoms with E-state index in [9.17, 15) is 9.59 Å². The predicted octanol–water partition coefficient (Wildman–Crippen LogP) is 0.566. The molecular formula is C14H19N3O3. The number of hydrogen-bond donors (Lipinski definition) is 2. The van der Waals surface area contributed by atoms with Crippen molar-refractivity contribution < 1.29 is 14.3 Å². The average Bonchev–Trinajstić information content (AvgIpc) is 2.41. The number of carbonyl (C=O) groups is 2. The molecule has 0 spiro atoms. The Bertz CT molecular complexity index is 542. The number of methoxy groups -OCH3 is 1. The summed E-state index contributed by atoms with van der Waals surface area (Å²) in [6.07, 6.45) is 0.